The fraction of sp³-hybridized carbons (Fsp3) is 0.333. The highest BCUT2D eigenvalue weighted by atomic mass is 35.5. The van der Waals surface area contributed by atoms with Crippen LogP contribution in [0, 0.1) is 5.82 Å². The van der Waals surface area contributed by atoms with Gasteiger partial charge in [-0.1, -0.05) is 25.4 Å². The van der Waals surface area contributed by atoms with Gasteiger partial charge in [0.15, 0.2) is 0 Å². The Labute approximate surface area is 123 Å². The zero-order valence-electron chi connectivity index (χ0n) is 11.6. The van der Waals surface area contributed by atoms with E-state index in [1.165, 1.54) is 18.5 Å². The van der Waals surface area contributed by atoms with Crippen molar-refractivity contribution in [3.63, 3.8) is 0 Å². The minimum Gasteiger partial charge on any atom is -0.370 e. The largest absolute Gasteiger partial charge is 0.370 e. The Hall–Kier alpha value is -1.68. The van der Waals surface area contributed by atoms with E-state index in [1.807, 2.05) is 6.92 Å². The van der Waals surface area contributed by atoms with Gasteiger partial charge in [-0.05, 0) is 31.0 Å². The van der Waals surface area contributed by atoms with Crippen molar-refractivity contribution in [2.24, 2.45) is 0 Å². The molecule has 1 heterocycles. The van der Waals surface area contributed by atoms with E-state index >= 15 is 0 Å². The van der Waals surface area contributed by atoms with Crippen LogP contribution in [0.1, 0.15) is 25.8 Å². The van der Waals surface area contributed by atoms with Crippen molar-refractivity contribution < 1.29 is 4.39 Å². The number of hydrogen-bond donors (Lipinski definition) is 1. The van der Waals surface area contributed by atoms with Crippen LogP contribution < -0.4 is 5.32 Å². The van der Waals surface area contributed by atoms with E-state index in [1.54, 1.807) is 6.07 Å². The van der Waals surface area contributed by atoms with Gasteiger partial charge in [-0.15, -0.1) is 0 Å². The van der Waals surface area contributed by atoms with Crippen molar-refractivity contribution in [2.45, 2.75) is 26.7 Å². The molecular weight excluding hydrogens is 277 g/mol. The highest BCUT2D eigenvalue weighted by Gasteiger charge is 2.14. The van der Waals surface area contributed by atoms with Crippen LogP contribution >= 0.6 is 11.6 Å². The number of benzene rings is 1. The van der Waals surface area contributed by atoms with Crippen LogP contribution in [0.15, 0.2) is 24.5 Å². The van der Waals surface area contributed by atoms with E-state index in [-0.39, 0.29) is 5.82 Å². The van der Waals surface area contributed by atoms with Gasteiger partial charge in [0.2, 0.25) is 0 Å². The molecule has 1 N–H and O–H groups in total. The van der Waals surface area contributed by atoms with Crippen molar-refractivity contribution in [2.75, 3.05) is 11.9 Å². The third-order valence-corrected chi connectivity index (χ3v) is 3.34. The van der Waals surface area contributed by atoms with Gasteiger partial charge in [-0.25, -0.2) is 14.4 Å². The van der Waals surface area contributed by atoms with Crippen molar-refractivity contribution in [3.05, 3.63) is 40.9 Å². The van der Waals surface area contributed by atoms with Gasteiger partial charge in [-0.2, -0.15) is 0 Å². The first-order valence-corrected chi connectivity index (χ1v) is 7.08. The van der Waals surface area contributed by atoms with Gasteiger partial charge in [0.05, 0.1) is 10.7 Å². The first-order valence-electron chi connectivity index (χ1n) is 6.70. The standard InChI is InChI=1S/C15H17ClFN3/c1-3-7-18-15-11(4-2)14(19-9-20-15)12-6-5-10(17)8-13(12)16/h5-6,8-9H,3-4,7H2,1-2H3,(H,18,19,20). The van der Waals surface area contributed by atoms with E-state index in [4.69, 9.17) is 11.6 Å². The molecular formula is C15H17ClFN3. The van der Waals surface area contributed by atoms with Crippen LogP contribution in [0.25, 0.3) is 11.3 Å². The van der Waals surface area contributed by atoms with E-state index in [9.17, 15) is 4.39 Å². The second-order valence-corrected chi connectivity index (χ2v) is 4.86. The summed E-state index contributed by atoms with van der Waals surface area (Å²) < 4.78 is 13.2. The summed E-state index contributed by atoms with van der Waals surface area (Å²) in [4.78, 5) is 8.60. The molecule has 0 saturated carbocycles. The monoisotopic (exact) mass is 293 g/mol. The summed E-state index contributed by atoms with van der Waals surface area (Å²) in [6.07, 6.45) is 3.29. The fourth-order valence-corrected chi connectivity index (χ4v) is 2.31. The lowest BCUT2D eigenvalue weighted by atomic mass is 10.0. The molecule has 3 nitrogen and oxygen atoms in total. The molecule has 2 rings (SSSR count). The summed E-state index contributed by atoms with van der Waals surface area (Å²) in [6.45, 7) is 4.98. The molecule has 0 aliphatic carbocycles. The second kappa shape index (κ2) is 6.66. The van der Waals surface area contributed by atoms with Gasteiger partial charge in [0, 0.05) is 17.7 Å². The van der Waals surface area contributed by atoms with Crippen LogP contribution in [0.2, 0.25) is 5.02 Å². The first-order chi connectivity index (χ1) is 9.67. The Kier molecular flexibility index (Phi) is 4.90. The minimum atomic E-state index is -0.352. The number of nitrogens with zero attached hydrogens (tertiary/aromatic N) is 2. The predicted octanol–water partition coefficient (Wildman–Crippen LogP) is 4.32. The molecule has 0 unspecified atom stereocenters. The summed E-state index contributed by atoms with van der Waals surface area (Å²) >= 11 is 6.13. The summed E-state index contributed by atoms with van der Waals surface area (Å²) in [5.41, 5.74) is 2.48. The number of halogens is 2. The highest BCUT2D eigenvalue weighted by Crippen LogP contribution is 2.32. The number of anilines is 1. The Morgan fingerprint density at radius 3 is 2.70 bits per heavy atom. The Balaban J connectivity index is 2.50. The van der Waals surface area contributed by atoms with Gasteiger partial charge < -0.3 is 5.32 Å². The van der Waals surface area contributed by atoms with Crippen molar-refractivity contribution in [1.29, 1.82) is 0 Å². The maximum absolute atomic E-state index is 13.2. The molecule has 0 aliphatic rings. The van der Waals surface area contributed by atoms with Crippen molar-refractivity contribution in [3.8, 4) is 11.3 Å². The fourth-order valence-electron chi connectivity index (χ4n) is 2.06. The minimum absolute atomic E-state index is 0.352. The Bertz CT molecular complexity index is 602. The van der Waals surface area contributed by atoms with Crippen LogP contribution in [0.3, 0.4) is 0 Å². The molecule has 0 atom stereocenters. The van der Waals surface area contributed by atoms with E-state index in [2.05, 4.69) is 22.2 Å². The average Bonchev–Trinajstić information content (AvgIpc) is 2.44. The predicted molar refractivity (Wildman–Crippen MR) is 80.6 cm³/mol. The molecule has 1 aromatic carbocycles. The van der Waals surface area contributed by atoms with Gasteiger partial charge in [-0.3, -0.25) is 0 Å². The molecule has 106 valence electrons. The summed E-state index contributed by atoms with van der Waals surface area (Å²) in [6, 6.07) is 4.35. The molecule has 0 radical (unpaired) electrons. The quantitative estimate of drug-likeness (QED) is 0.892. The van der Waals surface area contributed by atoms with Crippen LogP contribution in [0.4, 0.5) is 10.2 Å². The normalized spacial score (nSPS) is 10.6. The molecule has 0 fully saturated rings. The van der Waals surface area contributed by atoms with E-state index in [0.29, 0.717) is 5.02 Å². The lowest BCUT2D eigenvalue weighted by molar-refractivity contribution is 0.628. The smallest absolute Gasteiger partial charge is 0.133 e. The average molecular weight is 294 g/mol. The molecule has 5 heteroatoms. The summed E-state index contributed by atoms with van der Waals surface area (Å²) in [5, 5.41) is 3.65. The van der Waals surface area contributed by atoms with Gasteiger partial charge in [0.25, 0.3) is 0 Å². The Morgan fingerprint density at radius 1 is 1.25 bits per heavy atom. The van der Waals surface area contributed by atoms with Crippen molar-refractivity contribution >= 4 is 17.4 Å². The maximum atomic E-state index is 13.2. The molecule has 0 saturated heterocycles. The third-order valence-electron chi connectivity index (χ3n) is 3.03. The first kappa shape index (κ1) is 14.7. The van der Waals surface area contributed by atoms with Gasteiger partial charge in [0.1, 0.15) is 18.0 Å². The second-order valence-electron chi connectivity index (χ2n) is 4.45. The van der Waals surface area contributed by atoms with Crippen LogP contribution in [-0.2, 0) is 6.42 Å². The molecule has 0 aliphatic heterocycles. The Morgan fingerprint density at radius 2 is 2.05 bits per heavy atom. The number of aromatic nitrogens is 2. The molecule has 0 spiro atoms. The van der Waals surface area contributed by atoms with Crippen LogP contribution in [0.5, 0.6) is 0 Å². The topological polar surface area (TPSA) is 37.8 Å². The number of rotatable bonds is 5. The molecule has 0 bridgehead atoms. The van der Waals surface area contributed by atoms with E-state index < -0.39 is 0 Å². The lowest BCUT2D eigenvalue weighted by Gasteiger charge is -2.13. The molecule has 0 amide bonds. The number of nitrogens with one attached hydrogen (secondary N) is 1. The third kappa shape index (κ3) is 3.07. The zero-order valence-corrected chi connectivity index (χ0v) is 12.3. The molecule has 2 aromatic rings. The molecule has 1 aromatic heterocycles. The van der Waals surface area contributed by atoms with Gasteiger partial charge >= 0.3 is 0 Å². The summed E-state index contributed by atoms with van der Waals surface area (Å²) in [7, 11) is 0. The van der Waals surface area contributed by atoms with Crippen molar-refractivity contribution in [1.82, 2.24) is 9.97 Å². The maximum Gasteiger partial charge on any atom is 0.133 e. The SMILES string of the molecule is CCCNc1ncnc(-c2ccc(F)cc2Cl)c1CC. The summed E-state index contributed by atoms with van der Waals surface area (Å²) in [5.74, 6) is 0.468. The number of hydrogen-bond acceptors (Lipinski definition) is 3. The van der Waals surface area contributed by atoms with Crippen LogP contribution in [-0.4, -0.2) is 16.5 Å². The lowest BCUT2D eigenvalue weighted by Crippen LogP contribution is -2.07. The molecule has 20 heavy (non-hydrogen) atoms. The zero-order chi connectivity index (χ0) is 14.5. The van der Waals surface area contributed by atoms with E-state index in [0.717, 1.165) is 42.0 Å². The highest BCUT2D eigenvalue weighted by molar-refractivity contribution is 6.33.